The Morgan fingerprint density at radius 1 is 1.27 bits per heavy atom. The van der Waals surface area contributed by atoms with Crippen LogP contribution in [0.1, 0.15) is 46.9 Å². The lowest BCUT2D eigenvalue weighted by Crippen LogP contribution is -2.45. The minimum Gasteiger partial charge on any atom is -0.352 e. The second kappa shape index (κ2) is 9.43. The van der Waals surface area contributed by atoms with Gasteiger partial charge in [0, 0.05) is 30.3 Å². The maximum Gasteiger partial charge on any atom is 0.251 e. The Kier molecular flexibility index (Phi) is 7.91. The van der Waals surface area contributed by atoms with Gasteiger partial charge >= 0.3 is 0 Å². The van der Waals surface area contributed by atoms with Gasteiger partial charge in [0.15, 0.2) is 0 Å². The number of amides is 2. The predicted octanol–water partition coefficient (Wildman–Crippen LogP) is 1.73. The summed E-state index contributed by atoms with van der Waals surface area (Å²) >= 11 is 0. The van der Waals surface area contributed by atoms with E-state index in [2.05, 4.69) is 16.0 Å². The van der Waals surface area contributed by atoms with Gasteiger partial charge < -0.3 is 16.0 Å². The third kappa shape index (κ3) is 5.31. The van der Waals surface area contributed by atoms with Gasteiger partial charge in [-0.3, -0.25) is 9.59 Å². The number of hydrogen-bond acceptors (Lipinski definition) is 3. The van der Waals surface area contributed by atoms with Crippen LogP contribution in [0.25, 0.3) is 0 Å². The predicted molar refractivity (Wildman–Crippen MR) is 89.7 cm³/mol. The van der Waals surface area contributed by atoms with E-state index in [0.717, 1.165) is 32.4 Å². The Morgan fingerprint density at radius 3 is 2.64 bits per heavy atom. The Balaban J connectivity index is 0.00000242. The minimum atomic E-state index is -0.133. The maximum atomic E-state index is 12.2. The molecule has 1 fully saturated rings. The lowest BCUT2D eigenvalue weighted by Gasteiger charge is -2.23. The Morgan fingerprint density at radius 2 is 2.00 bits per heavy atom. The highest BCUT2D eigenvalue weighted by molar-refractivity contribution is 5.99. The molecular formula is C16H24ClN3O2. The molecule has 1 unspecified atom stereocenters. The van der Waals surface area contributed by atoms with Crippen molar-refractivity contribution in [3.8, 4) is 0 Å². The van der Waals surface area contributed by atoms with Gasteiger partial charge in [-0.2, -0.15) is 0 Å². The summed E-state index contributed by atoms with van der Waals surface area (Å²) in [5.74, 6) is -0.250. The summed E-state index contributed by atoms with van der Waals surface area (Å²) in [6, 6.07) is 7.03. The van der Waals surface area contributed by atoms with Crippen LogP contribution in [0.3, 0.4) is 0 Å². The summed E-state index contributed by atoms with van der Waals surface area (Å²) in [6.07, 6.45) is 2.96. The van der Waals surface area contributed by atoms with Crippen molar-refractivity contribution in [1.29, 1.82) is 0 Å². The fraction of sp³-hybridized carbons (Fsp3) is 0.500. The molecule has 1 heterocycles. The number of carbonyl (C=O) groups excluding carboxylic acids is 2. The van der Waals surface area contributed by atoms with Crippen LogP contribution >= 0.6 is 12.4 Å². The topological polar surface area (TPSA) is 70.2 Å². The molecular weight excluding hydrogens is 302 g/mol. The highest BCUT2D eigenvalue weighted by atomic mass is 35.5. The lowest BCUT2D eigenvalue weighted by molar-refractivity contribution is 0.0930. The summed E-state index contributed by atoms with van der Waals surface area (Å²) in [5.41, 5.74) is 1.06. The van der Waals surface area contributed by atoms with Crippen molar-refractivity contribution in [1.82, 2.24) is 16.0 Å². The number of carbonyl (C=O) groups is 2. The van der Waals surface area contributed by atoms with Crippen LogP contribution in [0.4, 0.5) is 0 Å². The lowest BCUT2D eigenvalue weighted by atomic mass is 10.1. The molecule has 0 spiro atoms. The average Bonchev–Trinajstić information content (AvgIpc) is 2.53. The second-order valence-electron chi connectivity index (χ2n) is 5.35. The second-order valence-corrected chi connectivity index (χ2v) is 5.35. The van der Waals surface area contributed by atoms with E-state index in [-0.39, 0.29) is 30.3 Å². The number of rotatable bonds is 5. The molecule has 1 atom stereocenters. The van der Waals surface area contributed by atoms with Crippen molar-refractivity contribution < 1.29 is 9.59 Å². The van der Waals surface area contributed by atoms with E-state index in [1.807, 2.05) is 6.92 Å². The molecule has 1 aliphatic heterocycles. The number of hydrogen-bond donors (Lipinski definition) is 3. The number of nitrogens with one attached hydrogen (secondary N) is 3. The zero-order valence-corrected chi connectivity index (χ0v) is 13.7. The zero-order valence-electron chi connectivity index (χ0n) is 12.9. The van der Waals surface area contributed by atoms with Crippen molar-refractivity contribution in [3.05, 3.63) is 35.4 Å². The van der Waals surface area contributed by atoms with Gasteiger partial charge in [0.1, 0.15) is 0 Å². The fourth-order valence-electron chi connectivity index (χ4n) is 2.39. The molecule has 0 radical (unpaired) electrons. The van der Waals surface area contributed by atoms with E-state index in [1.54, 1.807) is 24.3 Å². The summed E-state index contributed by atoms with van der Waals surface area (Å²) in [6.45, 7) is 4.47. The molecule has 2 rings (SSSR count). The molecule has 0 saturated carbocycles. The normalized spacial score (nSPS) is 17.2. The molecule has 1 aromatic carbocycles. The molecule has 1 aromatic rings. The Hall–Kier alpha value is -1.59. The van der Waals surface area contributed by atoms with Crippen LogP contribution in [0.2, 0.25) is 0 Å². The Bertz CT molecular complexity index is 502. The molecule has 0 aromatic heterocycles. The quantitative estimate of drug-likeness (QED) is 0.772. The first-order chi connectivity index (χ1) is 10.2. The number of piperidine rings is 1. The van der Waals surface area contributed by atoms with Crippen LogP contribution in [-0.2, 0) is 0 Å². The fourth-order valence-corrected chi connectivity index (χ4v) is 2.39. The zero-order chi connectivity index (χ0) is 15.1. The molecule has 122 valence electrons. The summed E-state index contributed by atoms with van der Waals surface area (Å²) in [7, 11) is 0. The van der Waals surface area contributed by atoms with Gasteiger partial charge in [0.25, 0.3) is 11.8 Å². The highest BCUT2D eigenvalue weighted by Gasteiger charge is 2.17. The van der Waals surface area contributed by atoms with Crippen molar-refractivity contribution in [2.45, 2.75) is 32.2 Å². The van der Waals surface area contributed by atoms with E-state index in [1.165, 1.54) is 0 Å². The van der Waals surface area contributed by atoms with Gasteiger partial charge in [-0.05, 0) is 44.0 Å². The third-order valence-electron chi connectivity index (χ3n) is 3.55. The van der Waals surface area contributed by atoms with Crippen LogP contribution < -0.4 is 16.0 Å². The first-order valence-corrected chi connectivity index (χ1v) is 7.60. The van der Waals surface area contributed by atoms with Gasteiger partial charge in [-0.25, -0.2) is 0 Å². The average molecular weight is 326 g/mol. The summed E-state index contributed by atoms with van der Waals surface area (Å²) in [5, 5.41) is 9.09. The maximum absolute atomic E-state index is 12.2. The van der Waals surface area contributed by atoms with Crippen molar-refractivity contribution in [2.75, 3.05) is 19.6 Å². The first kappa shape index (κ1) is 18.5. The molecule has 5 nitrogen and oxygen atoms in total. The third-order valence-corrected chi connectivity index (χ3v) is 3.55. The molecule has 2 amide bonds. The van der Waals surface area contributed by atoms with Crippen LogP contribution in [0.15, 0.2) is 24.3 Å². The Labute approximate surface area is 137 Å². The van der Waals surface area contributed by atoms with Gasteiger partial charge in [0.2, 0.25) is 0 Å². The summed E-state index contributed by atoms with van der Waals surface area (Å²) in [4.78, 5) is 24.1. The van der Waals surface area contributed by atoms with Crippen LogP contribution in [-0.4, -0.2) is 37.5 Å². The van der Waals surface area contributed by atoms with E-state index in [4.69, 9.17) is 0 Å². The van der Waals surface area contributed by atoms with E-state index in [0.29, 0.717) is 17.7 Å². The summed E-state index contributed by atoms with van der Waals surface area (Å²) < 4.78 is 0. The molecule has 1 saturated heterocycles. The SMILES string of the molecule is CCCNC(=O)c1cccc(C(=O)NC2CCCNC2)c1.Cl. The molecule has 3 N–H and O–H groups in total. The van der Waals surface area contributed by atoms with Gasteiger partial charge in [-0.15, -0.1) is 12.4 Å². The number of halogens is 1. The van der Waals surface area contributed by atoms with E-state index in [9.17, 15) is 9.59 Å². The van der Waals surface area contributed by atoms with Crippen molar-refractivity contribution in [3.63, 3.8) is 0 Å². The van der Waals surface area contributed by atoms with Gasteiger partial charge in [0.05, 0.1) is 0 Å². The van der Waals surface area contributed by atoms with Crippen LogP contribution in [0.5, 0.6) is 0 Å². The first-order valence-electron chi connectivity index (χ1n) is 7.60. The van der Waals surface area contributed by atoms with Crippen molar-refractivity contribution >= 4 is 24.2 Å². The number of benzene rings is 1. The monoisotopic (exact) mass is 325 g/mol. The standard InChI is InChI=1S/C16H23N3O2.ClH/c1-2-8-18-15(20)12-5-3-6-13(10-12)16(21)19-14-7-4-9-17-11-14;/h3,5-6,10,14,17H,2,4,7-9,11H2,1H3,(H,18,20)(H,19,21);1H. The van der Waals surface area contributed by atoms with Crippen LogP contribution in [0, 0.1) is 0 Å². The largest absolute Gasteiger partial charge is 0.352 e. The van der Waals surface area contributed by atoms with Gasteiger partial charge in [-0.1, -0.05) is 13.0 Å². The smallest absolute Gasteiger partial charge is 0.251 e. The molecule has 22 heavy (non-hydrogen) atoms. The highest BCUT2D eigenvalue weighted by Crippen LogP contribution is 2.08. The molecule has 6 heteroatoms. The minimum absolute atomic E-state index is 0. The van der Waals surface area contributed by atoms with E-state index >= 15 is 0 Å². The van der Waals surface area contributed by atoms with E-state index < -0.39 is 0 Å². The molecule has 0 aliphatic carbocycles. The van der Waals surface area contributed by atoms with Crippen molar-refractivity contribution in [2.24, 2.45) is 0 Å². The molecule has 1 aliphatic rings. The molecule has 0 bridgehead atoms.